The first kappa shape index (κ1) is 21.6. The van der Waals surface area contributed by atoms with Crippen molar-refractivity contribution in [1.82, 2.24) is 0 Å². The summed E-state index contributed by atoms with van der Waals surface area (Å²) in [5.41, 5.74) is 0.580. The van der Waals surface area contributed by atoms with E-state index < -0.39 is 18.0 Å². The summed E-state index contributed by atoms with van der Waals surface area (Å²) in [5.74, 6) is -0.391. The number of carbonyl (C=O) groups is 2. The highest BCUT2D eigenvalue weighted by molar-refractivity contribution is 6.36. The Morgan fingerprint density at radius 1 is 1.18 bits per heavy atom. The molecule has 2 aromatic rings. The van der Waals surface area contributed by atoms with Crippen molar-refractivity contribution < 1.29 is 23.8 Å². The molecule has 1 unspecified atom stereocenters. The molecule has 0 saturated carbocycles. The van der Waals surface area contributed by atoms with Gasteiger partial charge in [-0.1, -0.05) is 35.9 Å². The first-order chi connectivity index (χ1) is 13.3. The first-order valence-corrected chi connectivity index (χ1v) is 9.00. The van der Waals surface area contributed by atoms with Gasteiger partial charge in [0.2, 0.25) is 0 Å². The molecule has 0 heterocycles. The Labute approximate surface area is 173 Å². The van der Waals surface area contributed by atoms with E-state index in [2.05, 4.69) is 11.9 Å². The molecule has 1 atom stereocenters. The van der Waals surface area contributed by atoms with Gasteiger partial charge in [0.25, 0.3) is 5.91 Å². The van der Waals surface area contributed by atoms with E-state index in [4.69, 9.17) is 37.4 Å². The number of ether oxygens (including phenoxy) is 3. The van der Waals surface area contributed by atoms with Gasteiger partial charge in [-0.25, -0.2) is 4.79 Å². The largest absolute Gasteiger partial charge is 0.493 e. The van der Waals surface area contributed by atoms with Crippen LogP contribution in [0.3, 0.4) is 0 Å². The Hall–Kier alpha value is -2.70. The van der Waals surface area contributed by atoms with Gasteiger partial charge in [-0.3, -0.25) is 4.79 Å². The minimum atomic E-state index is -1.05. The number of esters is 1. The van der Waals surface area contributed by atoms with Crippen molar-refractivity contribution in [1.29, 1.82) is 0 Å². The van der Waals surface area contributed by atoms with E-state index in [1.165, 1.54) is 32.2 Å². The maximum Gasteiger partial charge on any atom is 0.339 e. The average molecular weight is 424 g/mol. The predicted octanol–water partition coefficient (Wildman–Crippen LogP) is 4.75. The number of hydrogen-bond acceptors (Lipinski definition) is 5. The molecule has 6 nitrogen and oxygen atoms in total. The monoisotopic (exact) mass is 423 g/mol. The Balaban J connectivity index is 2.04. The fourth-order valence-corrected chi connectivity index (χ4v) is 2.63. The van der Waals surface area contributed by atoms with E-state index >= 15 is 0 Å². The summed E-state index contributed by atoms with van der Waals surface area (Å²) in [4.78, 5) is 24.6. The number of rotatable bonds is 8. The van der Waals surface area contributed by atoms with E-state index in [0.717, 1.165) is 0 Å². The summed E-state index contributed by atoms with van der Waals surface area (Å²) in [6.45, 7) is 5.32. The predicted molar refractivity (Wildman–Crippen MR) is 109 cm³/mol. The molecule has 0 aromatic heterocycles. The van der Waals surface area contributed by atoms with Gasteiger partial charge < -0.3 is 19.5 Å². The maximum atomic E-state index is 12.4. The summed E-state index contributed by atoms with van der Waals surface area (Å²) in [5, 5.41) is 3.31. The molecular weight excluding hydrogens is 405 g/mol. The molecule has 1 amide bonds. The molecule has 2 rings (SSSR count). The molecular formula is C20H19Cl2NO5. The fraction of sp³-hybridized carbons (Fsp3) is 0.200. The molecule has 0 aliphatic carbocycles. The minimum absolute atomic E-state index is 0.215. The lowest BCUT2D eigenvalue weighted by Gasteiger charge is -2.15. The molecule has 2 aromatic carbocycles. The van der Waals surface area contributed by atoms with Crippen molar-refractivity contribution in [2.75, 3.05) is 19.0 Å². The van der Waals surface area contributed by atoms with Crippen LogP contribution < -0.4 is 14.8 Å². The van der Waals surface area contributed by atoms with Crippen molar-refractivity contribution in [3.8, 4) is 11.5 Å². The molecule has 0 saturated heterocycles. The molecule has 28 heavy (non-hydrogen) atoms. The van der Waals surface area contributed by atoms with E-state index in [-0.39, 0.29) is 10.6 Å². The van der Waals surface area contributed by atoms with Crippen LogP contribution in [0, 0.1) is 0 Å². The number of carbonyl (C=O) groups excluding carboxylic acids is 2. The quantitative estimate of drug-likeness (QED) is 0.489. The average Bonchev–Trinajstić information content (AvgIpc) is 2.68. The molecule has 0 fully saturated rings. The van der Waals surface area contributed by atoms with Crippen molar-refractivity contribution in [2.45, 2.75) is 13.0 Å². The summed E-state index contributed by atoms with van der Waals surface area (Å²) >= 11 is 11.9. The maximum absolute atomic E-state index is 12.4. The third-order valence-electron chi connectivity index (χ3n) is 3.60. The molecule has 1 N–H and O–H groups in total. The lowest BCUT2D eigenvalue weighted by Crippen LogP contribution is -2.30. The molecule has 0 radical (unpaired) electrons. The molecule has 0 aliphatic rings. The topological polar surface area (TPSA) is 73.9 Å². The second kappa shape index (κ2) is 10.0. The lowest BCUT2D eigenvalue weighted by molar-refractivity contribution is -0.123. The molecule has 148 valence electrons. The van der Waals surface area contributed by atoms with Gasteiger partial charge >= 0.3 is 5.97 Å². The number of anilines is 1. The van der Waals surface area contributed by atoms with E-state index in [9.17, 15) is 9.59 Å². The van der Waals surface area contributed by atoms with Crippen molar-refractivity contribution in [2.24, 2.45) is 0 Å². The van der Waals surface area contributed by atoms with Gasteiger partial charge in [-0.2, -0.15) is 0 Å². The van der Waals surface area contributed by atoms with Crippen molar-refractivity contribution in [3.63, 3.8) is 0 Å². The van der Waals surface area contributed by atoms with Crippen molar-refractivity contribution in [3.05, 3.63) is 64.7 Å². The third kappa shape index (κ3) is 5.65. The Kier molecular flexibility index (Phi) is 7.72. The summed E-state index contributed by atoms with van der Waals surface area (Å²) in [6.07, 6.45) is 0.538. The Morgan fingerprint density at radius 3 is 2.57 bits per heavy atom. The third-order valence-corrected chi connectivity index (χ3v) is 4.15. The number of nitrogens with one attached hydrogen (secondary N) is 1. The lowest BCUT2D eigenvalue weighted by atomic mass is 10.2. The van der Waals surface area contributed by atoms with Crippen LogP contribution in [-0.4, -0.2) is 31.7 Å². The number of amides is 1. The van der Waals surface area contributed by atoms with Gasteiger partial charge in [0.05, 0.1) is 23.4 Å². The van der Waals surface area contributed by atoms with E-state index in [1.807, 2.05) is 0 Å². The summed E-state index contributed by atoms with van der Waals surface area (Å²) in [7, 11) is 1.46. The number of methoxy groups -OCH3 is 1. The van der Waals surface area contributed by atoms with Gasteiger partial charge in [-0.05, 0) is 43.3 Å². The van der Waals surface area contributed by atoms with Crippen LogP contribution in [-0.2, 0) is 9.53 Å². The smallest absolute Gasteiger partial charge is 0.339 e. The number of halogens is 2. The number of benzene rings is 2. The normalized spacial score (nSPS) is 11.3. The van der Waals surface area contributed by atoms with Gasteiger partial charge in [-0.15, -0.1) is 0 Å². The van der Waals surface area contributed by atoms with Crippen LogP contribution in [0.15, 0.2) is 49.1 Å². The van der Waals surface area contributed by atoms with Crippen molar-refractivity contribution >= 4 is 40.8 Å². The zero-order valence-corrected chi connectivity index (χ0v) is 16.8. The van der Waals surface area contributed by atoms with Crippen LogP contribution in [0.25, 0.3) is 0 Å². The summed E-state index contributed by atoms with van der Waals surface area (Å²) < 4.78 is 15.9. The van der Waals surface area contributed by atoms with Gasteiger partial charge in [0.15, 0.2) is 17.6 Å². The Morgan fingerprint density at radius 2 is 1.93 bits per heavy atom. The SMILES string of the molecule is C=CCOc1ccc(C(=O)OC(C)C(=O)Nc2ccc(Cl)cc2Cl)cc1OC. The van der Waals surface area contributed by atoms with E-state index in [1.54, 1.807) is 24.3 Å². The Bertz CT molecular complexity index is 885. The van der Waals surface area contributed by atoms with E-state index in [0.29, 0.717) is 28.8 Å². The van der Waals surface area contributed by atoms with Crippen LogP contribution in [0.1, 0.15) is 17.3 Å². The first-order valence-electron chi connectivity index (χ1n) is 8.24. The van der Waals surface area contributed by atoms with Crippen LogP contribution >= 0.6 is 23.2 Å². The molecule has 0 aliphatic heterocycles. The van der Waals surface area contributed by atoms with Crippen LogP contribution in [0.2, 0.25) is 10.0 Å². The second-order valence-electron chi connectivity index (χ2n) is 5.63. The standard InChI is InChI=1S/C20H19Cl2NO5/c1-4-9-27-17-8-5-13(10-18(17)26-3)20(25)28-12(2)19(24)23-16-7-6-14(21)11-15(16)22/h4-8,10-12H,1,9H2,2-3H3,(H,23,24). The molecule has 0 bridgehead atoms. The highest BCUT2D eigenvalue weighted by atomic mass is 35.5. The van der Waals surface area contributed by atoms with Gasteiger partial charge in [0, 0.05) is 5.02 Å². The molecule has 0 spiro atoms. The molecule has 8 heteroatoms. The highest BCUT2D eigenvalue weighted by Gasteiger charge is 2.21. The highest BCUT2D eigenvalue weighted by Crippen LogP contribution is 2.29. The zero-order chi connectivity index (χ0) is 20.7. The number of hydrogen-bond donors (Lipinski definition) is 1. The zero-order valence-electron chi connectivity index (χ0n) is 15.3. The van der Waals surface area contributed by atoms with Gasteiger partial charge in [0.1, 0.15) is 6.61 Å². The second-order valence-corrected chi connectivity index (χ2v) is 6.47. The summed E-state index contributed by atoms with van der Waals surface area (Å²) in [6, 6.07) is 9.21. The fourth-order valence-electron chi connectivity index (χ4n) is 2.17. The van der Waals surface area contributed by atoms with Crippen LogP contribution in [0.4, 0.5) is 5.69 Å². The minimum Gasteiger partial charge on any atom is -0.493 e. The van der Waals surface area contributed by atoms with Crippen LogP contribution in [0.5, 0.6) is 11.5 Å².